The summed E-state index contributed by atoms with van der Waals surface area (Å²) in [6, 6.07) is 5.02. The zero-order valence-electron chi connectivity index (χ0n) is 11.8. The Morgan fingerprint density at radius 2 is 2.00 bits per heavy atom. The number of anilines is 1. The normalized spacial score (nSPS) is 15.3. The highest BCUT2D eigenvalue weighted by Crippen LogP contribution is 2.12. The highest BCUT2D eigenvalue weighted by Gasteiger charge is 2.17. The topological polar surface area (TPSA) is 81.2 Å². The minimum Gasteiger partial charge on any atom is -0.399 e. The lowest BCUT2D eigenvalue weighted by atomic mass is 10.1. The van der Waals surface area contributed by atoms with E-state index in [0.717, 1.165) is 25.9 Å². The van der Waals surface area contributed by atoms with Gasteiger partial charge in [-0.1, -0.05) is 0 Å². The number of nitrogens with two attached hydrogens (primary N) is 1. The van der Waals surface area contributed by atoms with Crippen LogP contribution in [0, 0.1) is 0 Å². The van der Waals surface area contributed by atoms with E-state index in [1.165, 1.54) is 17.3 Å². The lowest BCUT2D eigenvalue weighted by Gasteiger charge is -2.26. The number of rotatable bonds is 2. The summed E-state index contributed by atoms with van der Waals surface area (Å²) in [7, 11) is 0. The van der Waals surface area contributed by atoms with E-state index < -0.39 is 0 Å². The Labute approximate surface area is 122 Å². The molecule has 0 spiro atoms. The average Bonchev–Trinajstić information content (AvgIpc) is 2.51. The summed E-state index contributed by atoms with van der Waals surface area (Å²) in [6.45, 7) is 1.60. The first kappa shape index (κ1) is 13.6. The Morgan fingerprint density at radius 3 is 2.76 bits per heavy atom. The van der Waals surface area contributed by atoms with E-state index >= 15 is 0 Å². The second kappa shape index (κ2) is 5.55. The monoisotopic (exact) mass is 286 g/mol. The van der Waals surface area contributed by atoms with Crippen molar-refractivity contribution in [1.29, 1.82) is 0 Å². The summed E-state index contributed by atoms with van der Waals surface area (Å²) in [5.41, 5.74) is 6.59. The number of amides is 1. The summed E-state index contributed by atoms with van der Waals surface area (Å²) < 4.78 is 1.36. The molecule has 6 heteroatoms. The van der Waals surface area contributed by atoms with E-state index in [4.69, 9.17) is 5.73 Å². The Hall–Kier alpha value is -2.37. The Balaban J connectivity index is 1.88. The van der Waals surface area contributed by atoms with Crippen LogP contribution in [-0.2, 0) is 11.3 Å². The van der Waals surface area contributed by atoms with Crippen molar-refractivity contribution < 1.29 is 4.79 Å². The van der Waals surface area contributed by atoms with Gasteiger partial charge in [-0.05, 0) is 37.5 Å². The van der Waals surface area contributed by atoms with E-state index in [9.17, 15) is 9.59 Å². The van der Waals surface area contributed by atoms with E-state index in [1.54, 1.807) is 18.2 Å². The van der Waals surface area contributed by atoms with Crippen molar-refractivity contribution in [1.82, 2.24) is 14.5 Å². The molecule has 6 nitrogen and oxygen atoms in total. The van der Waals surface area contributed by atoms with Gasteiger partial charge in [0.15, 0.2) is 0 Å². The fraction of sp³-hybridized carbons (Fsp3) is 0.400. The molecule has 1 saturated heterocycles. The second-order valence-electron chi connectivity index (χ2n) is 5.40. The first-order valence-electron chi connectivity index (χ1n) is 7.17. The van der Waals surface area contributed by atoms with Crippen LogP contribution in [0.3, 0.4) is 0 Å². The number of hydrogen-bond donors (Lipinski definition) is 1. The lowest BCUT2D eigenvalue weighted by Crippen LogP contribution is -2.39. The van der Waals surface area contributed by atoms with Gasteiger partial charge in [0.05, 0.1) is 17.2 Å². The van der Waals surface area contributed by atoms with Crippen molar-refractivity contribution in [2.75, 3.05) is 18.8 Å². The fourth-order valence-electron chi connectivity index (χ4n) is 2.68. The molecule has 0 bridgehead atoms. The van der Waals surface area contributed by atoms with E-state index in [0.29, 0.717) is 16.6 Å². The minimum atomic E-state index is -0.224. The van der Waals surface area contributed by atoms with Crippen molar-refractivity contribution in [3.8, 4) is 0 Å². The van der Waals surface area contributed by atoms with Crippen LogP contribution in [0.2, 0.25) is 0 Å². The molecular formula is C15H18N4O2. The molecule has 21 heavy (non-hydrogen) atoms. The van der Waals surface area contributed by atoms with Crippen LogP contribution in [0.1, 0.15) is 19.3 Å². The van der Waals surface area contributed by atoms with Crippen LogP contribution in [0.5, 0.6) is 0 Å². The van der Waals surface area contributed by atoms with Gasteiger partial charge < -0.3 is 10.6 Å². The second-order valence-corrected chi connectivity index (χ2v) is 5.40. The number of carbonyl (C=O) groups excluding carboxylic acids is 1. The van der Waals surface area contributed by atoms with Crippen LogP contribution in [0.25, 0.3) is 10.9 Å². The summed E-state index contributed by atoms with van der Waals surface area (Å²) in [5.74, 6) is -0.0261. The van der Waals surface area contributed by atoms with E-state index in [-0.39, 0.29) is 18.0 Å². The maximum Gasteiger partial charge on any atom is 0.261 e. The lowest BCUT2D eigenvalue weighted by molar-refractivity contribution is -0.132. The highest BCUT2D eigenvalue weighted by molar-refractivity contribution is 5.81. The third-order valence-corrected chi connectivity index (χ3v) is 3.86. The van der Waals surface area contributed by atoms with Gasteiger partial charge in [0.2, 0.25) is 5.91 Å². The van der Waals surface area contributed by atoms with Gasteiger partial charge in [-0.15, -0.1) is 0 Å². The van der Waals surface area contributed by atoms with E-state index in [1.807, 2.05) is 4.90 Å². The first-order chi connectivity index (χ1) is 10.1. The number of benzene rings is 1. The third kappa shape index (κ3) is 2.74. The number of nitrogen functional groups attached to an aromatic ring is 1. The maximum atomic E-state index is 12.4. The van der Waals surface area contributed by atoms with Gasteiger partial charge in [-0.2, -0.15) is 0 Å². The number of hydrogen-bond acceptors (Lipinski definition) is 4. The van der Waals surface area contributed by atoms with Gasteiger partial charge in [-0.25, -0.2) is 4.98 Å². The number of nitrogens with zero attached hydrogens (tertiary/aromatic N) is 3. The molecule has 0 radical (unpaired) electrons. The van der Waals surface area contributed by atoms with E-state index in [2.05, 4.69) is 4.98 Å². The molecule has 0 atom stereocenters. The third-order valence-electron chi connectivity index (χ3n) is 3.86. The molecule has 1 amide bonds. The molecule has 1 aliphatic heterocycles. The van der Waals surface area contributed by atoms with Crippen molar-refractivity contribution >= 4 is 22.5 Å². The molecule has 1 aromatic heterocycles. The van der Waals surface area contributed by atoms with Crippen molar-refractivity contribution in [2.45, 2.75) is 25.8 Å². The van der Waals surface area contributed by atoms with Gasteiger partial charge in [0.25, 0.3) is 5.56 Å². The number of piperidine rings is 1. The average molecular weight is 286 g/mol. The van der Waals surface area contributed by atoms with Gasteiger partial charge in [0.1, 0.15) is 6.54 Å². The Bertz CT molecular complexity index is 732. The van der Waals surface area contributed by atoms with Crippen LogP contribution in [-0.4, -0.2) is 33.4 Å². The zero-order valence-corrected chi connectivity index (χ0v) is 11.8. The van der Waals surface area contributed by atoms with Crippen LogP contribution in [0.4, 0.5) is 5.69 Å². The Kier molecular flexibility index (Phi) is 3.60. The van der Waals surface area contributed by atoms with Crippen molar-refractivity contribution in [3.63, 3.8) is 0 Å². The molecule has 0 unspecified atom stereocenters. The SMILES string of the molecule is Nc1ccc2ncn(CC(=O)N3CCCCC3)c(=O)c2c1. The van der Waals surface area contributed by atoms with Gasteiger partial charge in [0, 0.05) is 18.8 Å². The minimum absolute atomic E-state index is 0.0261. The molecular weight excluding hydrogens is 268 g/mol. The van der Waals surface area contributed by atoms with Gasteiger partial charge in [-0.3, -0.25) is 14.2 Å². The molecule has 1 aromatic carbocycles. The molecule has 1 fully saturated rings. The summed E-state index contributed by atoms with van der Waals surface area (Å²) in [4.78, 5) is 30.7. The summed E-state index contributed by atoms with van der Waals surface area (Å²) in [6.07, 6.45) is 4.67. The molecule has 1 aliphatic rings. The molecule has 0 saturated carbocycles. The van der Waals surface area contributed by atoms with Crippen molar-refractivity contribution in [3.05, 3.63) is 34.9 Å². The van der Waals surface area contributed by atoms with Crippen LogP contribution in [0.15, 0.2) is 29.3 Å². The molecule has 2 heterocycles. The molecule has 3 rings (SSSR count). The summed E-state index contributed by atoms with van der Waals surface area (Å²) >= 11 is 0. The molecule has 2 aromatic rings. The van der Waals surface area contributed by atoms with Crippen molar-refractivity contribution in [2.24, 2.45) is 0 Å². The first-order valence-corrected chi connectivity index (χ1v) is 7.17. The fourth-order valence-corrected chi connectivity index (χ4v) is 2.68. The number of aromatic nitrogens is 2. The Morgan fingerprint density at radius 1 is 1.24 bits per heavy atom. The standard InChI is InChI=1S/C15H18N4O2/c16-11-4-5-13-12(8-11)15(21)19(10-17-13)9-14(20)18-6-2-1-3-7-18/h4-5,8,10H,1-3,6-7,9,16H2. The molecule has 110 valence electrons. The number of likely N-dealkylation sites (tertiary alicyclic amines) is 1. The quantitative estimate of drug-likeness (QED) is 0.835. The predicted octanol–water partition coefficient (Wildman–Crippen LogP) is 0.991. The van der Waals surface area contributed by atoms with Gasteiger partial charge >= 0.3 is 0 Å². The number of fused-ring (bicyclic) bond motifs is 1. The van der Waals surface area contributed by atoms with Crippen LogP contribution < -0.4 is 11.3 Å². The molecule has 0 aliphatic carbocycles. The van der Waals surface area contributed by atoms with Crippen LogP contribution >= 0.6 is 0 Å². The largest absolute Gasteiger partial charge is 0.399 e. The molecule has 2 N–H and O–H groups in total. The highest BCUT2D eigenvalue weighted by atomic mass is 16.2. The smallest absolute Gasteiger partial charge is 0.261 e. The number of carbonyl (C=O) groups is 1. The summed E-state index contributed by atoms with van der Waals surface area (Å²) in [5, 5.41) is 0.448. The zero-order chi connectivity index (χ0) is 14.8. The predicted molar refractivity (Wildman–Crippen MR) is 80.8 cm³/mol. The maximum absolute atomic E-state index is 12.4.